The van der Waals surface area contributed by atoms with Crippen molar-refractivity contribution >= 4 is 0 Å². The molecule has 0 amide bonds. The molecule has 0 unspecified atom stereocenters. The van der Waals surface area contributed by atoms with Gasteiger partial charge in [-0.1, -0.05) is 29.8 Å². The van der Waals surface area contributed by atoms with E-state index in [1.165, 1.54) is 11.1 Å². The lowest BCUT2D eigenvalue weighted by molar-refractivity contribution is 0.0725. The molecule has 82 valence electrons. The van der Waals surface area contributed by atoms with E-state index in [1.807, 2.05) is 0 Å². The minimum atomic E-state index is -0.171. The van der Waals surface area contributed by atoms with Crippen LogP contribution in [0.15, 0.2) is 24.3 Å². The zero-order valence-corrected chi connectivity index (χ0v) is 9.48. The second kappa shape index (κ2) is 4.33. The Labute approximate surface area is 91.5 Å². The third kappa shape index (κ3) is 2.58. The molecular weight excluding hydrogens is 186 g/mol. The quantitative estimate of drug-likeness (QED) is 0.755. The molecule has 0 aliphatic carbocycles. The van der Waals surface area contributed by atoms with Gasteiger partial charge < -0.3 is 10.0 Å². The Morgan fingerprint density at radius 3 is 2.47 bits per heavy atom. The highest BCUT2D eigenvalue weighted by molar-refractivity contribution is 5.25. The van der Waals surface area contributed by atoms with E-state index in [4.69, 9.17) is 0 Å². The van der Waals surface area contributed by atoms with Crippen molar-refractivity contribution < 1.29 is 5.11 Å². The van der Waals surface area contributed by atoms with Gasteiger partial charge in [-0.2, -0.15) is 0 Å². The fraction of sp³-hybridized carbons (Fsp3) is 0.538. The zero-order chi connectivity index (χ0) is 10.8. The highest BCUT2D eigenvalue weighted by Crippen LogP contribution is 2.26. The van der Waals surface area contributed by atoms with Gasteiger partial charge in [-0.05, 0) is 31.9 Å². The molecule has 1 heterocycles. The minimum absolute atomic E-state index is 0.171. The van der Waals surface area contributed by atoms with Gasteiger partial charge in [-0.3, -0.25) is 0 Å². The van der Waals surface area contributed by atoms with Crippen molar-refractivity contribution in [1.82, 2.24) is 4.90 Å². The topological polar surface area (TPSA) is 23.5 Å². The first-order chi connectivity index (χ1) is 7.15. The van der Waals surface area contributed by atoms with Crippen molar-refractivity contribution in [2.45, 2.75) is 25.4 Å². The Morgan fingerprint density at radius 1 is 1.20 bits per heavy atom. The third-order valence-electron chi connectivity index (χ3n) is 3.16. The van der Waals surface area contributed by atoms with Gasteiger partial charge in [0.2, 0.25) is 0 Å². The molecule has 2 heteroatoms. The second-order valence-electron chi connectivity index (χ2n) is 4.72. The van der Waals surface area contributed by atoms with Gasteiger partial charge in [0.15, 0.2) is 0 Å². The van der Waals surface area contributed by atoms with Gasteiger partial charge in [0.05, 0.1) is 6.10 Å². The Hall–Kier alpha value is -0.860. The second-order valence-corrected chi connectivity index (χ2v) is 4.72. The van der Waals surface area contributed by atoms with Crippen molar-refractivity contribution in [2.75, 3.05) is 20.1 Å². The molecule has 0 radical (unpaired) electrons. The molecule has 1 fully saturated rings. The average Bonchev–Trinajstić information content (AvgIpc) is 2.17. The Morgan fingerprint density at radius 2 is 1.87 bits per heavy atom. The number of aliphatic hydroxyl groups excluding tert-OH is 1. The van der Waals surface area contributed by atoms with E-state index < -0.39 is 0 Å². The zero-order valence-electron chi connectivity index (χ0n) is 9.48. The van der Waals surface area contributed by atoms with Crippen molar-refractivity contribution in [3.63, 3.8) is 0 Å². The van der Waals surface area contributed by atoms with Crippen LogP contribution >= 0.6 is 0 Å². The SMILES string of the molecule is Cc1ccc([C@@H]2C[C@H](O)CN(C)C2)cc1. The molecule has 1 N–H and O–H groups in total. The van der Waals surface area contributed by atoms with E-state index in [0.717, 1.165) is 19.5 Å². The summed E-state index contributed by atoms with van der Waals surface area (Å²) in [6, 6.07) is 8.67. The number of likely N-dealkylation sites (tertiary alicyclic amines) is 1. The normalized spacial score (nSPS) is 27.9. The summed E-state index contributed by atoms with van der Waals surface area (Å²) in [5.41, 5.74) is 2.65. The molecule has 15 heavy (non-hydrogen) atoms. The van der Waals surface area contributed by atoms with Gasteiger partial charge in [0, 0.05) is 13.1 Å². The number of nitrogens with zero attached hydrogens (tertiary/aromatic N) is 1. The van der Waals surface area contributed by atoms with Crippen molar-refractivity contribution in [3.8, 4) is 0 Å². The summed E-state index contributed by atoms with van der Waals surface area (Å²) in [5, 5.41) is 9.72. The smallest absolute Gasteiger partial charge is 0.0673 e. The highest BCUT2D eigenvalue weighted by Gasteiger charge is 2.24. The van der Waals surface area contributed by atoms with Crippen molar-refractivity contribution in [2.24, 2.45) is 0 Å². The van der Waals surface area contributed by atoms with E-state index in [2.05, 4.69) is 43.1 Å². The molecule has 0 spiro atoms. The fourth-order valence-electron chi connectivity index (χ4n) is 2.37. The Bertz CT molecular complexity index is 310. The number of rotatable bonds is 1. The number of hydrogen-bond acceptors (Lipinski definition) is 2. The van der Waals surface area contributed by atoms with Gasteiger partial charge >= 0.3 is 0 Å². The molecule has 2 atom stereocenters. The van der Waals surface area contributed by atoms with E-state index >= 15 is 0 Å². The van der Waals surface area contributed by atoms with Crippen molar-refractivity contribution in [1.29, 1.82) is 0 Å². The summed E-state index contributed by atoms with van der Waals surface area (Å²) < 4.78 is 0. The molecule has 1 aliphatic heterocycles. The first-order valence-electron chi connectivity index (χ1n) is 5.58. The first-order valence-corrected chi connectivity index (χ1v) is 5.58. The van der Waals surface area contributed by atoms with Crippen LogP contribution in [0.1, 0.15) is 23.5 Å². The van der Waals surface area contributed by atoms with Crippen LogP contribution in [0.5, 0.6) is 0 Å². The number of piperidine rings is 1. The summed E-state index contributed by atoms with van der Waals surface area (Å²) in [4.78, 5) is 2.21. The van der Waals surface area contributed by atoms with Crippen LogP contribution in [0.3, 0.4) is 0 Å². The molecule has 1 saturated heterocycles. The maximum Gasteiger partial charge on any atom is 0.0673 e. The van der Waals surface area contributed by atoms with E-state index in [9.17, 15) is 5.11 Å². The average molecular weight is 205 g/mol. The summed E-state index contributed by atoms with van der Waals surface area (Å²) in [6.45, 7) is 3.97. The highest BCUT2D eigenvalue weighted by atomic mass is 16.3. The standard InChI is InChI=1S/C13H19NO/c1-10-3-5-11(6-4-10)12-7-13(15)9-14(2)8-12/h3-6,12-13,15H,7-9H2,1-2H3/t12-,13+/m1/s1. The van der Waals surface area contributed by atoms with Gasteiger partial charge in [0.25, 0.3) is 0 Å². The molecule has 0 bridgehead atoms. The lowest BCUT2D eigenvalue weighted by Crippen LogP contribution is -2.39. The number of β-amino-alcohol motifs (C(OH)–C–C–N with tert-alkyl or cyclic N) is 1. The molecule has 1 aromatic rings. The van der Waals surface area contributed by atoms with Crippen LogP contribution < -0.4 is 0 Å². The number of aliphatic hydroxyl groups is 1. The maximum atomic E-state index is 9.72. The monoisotopic (exact) mass is 205 g/mol. The number of hydrogen-bond donors (Lipinski definition) is 1. The van der Waals surface area contributed by atoms with E-state index in [0.29, 0.717) is 5.92 Å². The maximum absolute atomic E-state index is 9.72. The Kier molecular flexibility index (Phi) is 3.08. The summed E-state index contributed by atoms with van der Waals surface area (Å²) in [7, 11) is 2.07. The predicted molar refractivity (Wildman–Crippen MR) is 62.0 cm³/mol. The number of benzene rings is 1. The van der Waals surface area contributed by atoms with Crippen LogP contribution in [-0.4, -0.2) is 36.2 Å². The van der Waals surface area contributed by atoms with Crippen LogP contribution in [0.2, 0.25) is 0 Å². The minimum Gasteiger partial charge on any atom is -0.392 e. The van der Waals surface area contributed by atoms with Gasteiger partial charge in [-0.15, -0.1) is 0 Å². The molecule has 1 aromatic carbocycles. The summed E-state index contributed by atoms with van der Waals surface area (Å²) in [5.74, 6) is 0.486. The fourth-order valence-corrected chi connectivity index (χ4v) is 2.37. The molecular formula is C13H19NO. The van der Waals surface area contributed by atoms with Gasteiger partial charge in [0.1, 0.15) is 0 Å². The Balaban J connectivity index is 2.12. The molecule has 2 nitrogen and oxygen atoms in total. The van der Waals surface area contributed by atoms with E-state index in [1.54, 1.807) is 0 Å². The first kappa shape index (κ1) is 10.7. The van der Waals surface area contributed by atoms with Crippen LogP contribution in [-0.2, 0) is 0 Å². The molecule has 2 rings (SSSR count). The third-order valence-corrected chi connectivity index (χ3v) is 3.16. The molecule has 0 saturated carbocycles. The largest absolute Gasteiger partial charge is 0.392 e. The molecule has 0 aromatic heterocycles. The molecule has 1 aliphatic rings. The van der Waals surface area contributed by atoms with Crippen molar-refractivity contribution in [3.05, 3.63) is 35.4 Å². The lowest BCUT2D eigenvalue weighted by atomic mass is 9.89. The van der Waals surface area contributed by atoms with Crippen LogP contribution in [0, 0.1) is 6.92 Å². The number of aryl methyl sites for hydroxylation is 1. The lowest BCUT2D eigenvalue weighted by Gasteiger charge is -2.33. The van der Waals surface area contributed by atoms with Gasteiger partial charge in [-0.25, -0.2) is 0 Å². The van der Waals surface area contributed by atoms with Crippen LogP contribution in [0.25, 0.3) is 0 Å². The number of likely N-dealkylation sites (N-methyl/N-ethyl adjacent to an activating group) is 1. The van der Waals surface area contributed by atoms with Crippen LogP contribution in [0.4, 0.5) is 0 Å². The summed E-state index contributed by atoms with van der Waals surface area (Å²) >= 11 is 0. The summed E-state index contributed by atoms with van der Waals surface area (Å²) in [6.07, 6.45) is 0.725. The predicted octanol–water partition coefficient (Wildman–Crippen LogP) is 1.78. The van der Waals surface area contributed by atoms with E-state index in [-0.39, 0.29) is 6.10 Å².